The van der Waals surface area contributed by atoms with Crippen molar-refractivity contribution in [1.82, 2.24) is 25.1 Å². The van der Waals surface area contributed by atoms with Crippen molar-refractivity contribution in [2.45, 2.75) is 70.0 Å². The molecule has 1 saturated heterocycles. The van der Waals surface area contributed by atoms with E-state index in [1.807, 2.05) is 0 Å². The molecule has 3 amide bonds. The summed E-state index contributed by atoms with van der Waals surface area (Å²) in [6.07, 6.45) is 7.30. The topological polar surface area (TPSA) is 116 Å². The number of benzene rings is 1. The molecule has 32 heavy (non-hydrogen) atoms. The second-order valence-electron chi connectivity index (χ2n) is 8.79. The summed E-state index contributed by atoms with van der Waals surface area (Å²) < 4.78 is 1.44. The van der Waals surface area contributed by atoms with E-state index in [0.717, 1.165) is 12.8 Å². The molecule has 0 spiro atoms. The molecule has 3 N–H and O–H groups in total. The number of nitrogens with zero attached hydrogens (tertiary/aromatic N) is 2. The molecular formula is C23H31N5O4. The van der Waals surface area contributed by atoms with Crippen molar-refractivity contribution in [2.24, 2.45) is 0 Å². The van der Waals surface area contributed by atoms with Crippen molar-refractivity contribution in [3.63, 3.8) is 0 Å². The number of carbonyl (C=O) groups is 2. The Balaban J connectivity index is 1.26. The van der Waals surface area contributed by atoms with Crippen LogP contribution in [-0.2, 0) is 11.3 Å². The third-order valence-corrected chi connectivity index (χ3v) is 6.58. The molecule has 1 aromatic carbocycles. The van der Waals surface area contributed by atoms with Crippen molar-refractivity contribution in [2.75, 3.05) is 13.1 Å². The average Bonchev–Trinajstić information content (AvgIpc) is 2.80. The number of aromatic amines is 1. The number of fused-ring (bicyclic) bond motifs is 1. The lowest BCUT2D eigenvalue weighted by atomic mass is 9.96. The molecule has 0 atom stereocenters. The van der Waals surface area contributed by atoms with Crippen LogP contribution >= 0.6 is 0 Å². The van der Waals surface area contributed by atoms with Crippen molar-refractivity contribution in [3.05, 3.63) is 45.1 Å². The highest BCUT2D eigenvalue weighted by molar-refractivity contribution is 5.79. The largest absolute Gasteiger partial charge is 0.342 e. The van der Waals surface area contributed by atoms with Crippen LogP contribution in [0.25, 0.3) is 10.9 Å². The summed E-state index contributed by atoms with van der Waals surface area (Å²) in [4.78, 5) is 53.3. The van der Waals surface area contributed by atoms with Crippen LogP contribution in [0.4, 0.5) is 4.79 Å². The maximum Gasteiger partial charge on any atom is 0.328 e. The van der Waals surface area contributed by atoms with E-state index in [2.05, 4.69) is 15.6 Å². The molecule has 2 heterocycles. The lowest BCUT2D eigenvalue weighted by Crippen LogP contribution is -2.51. The highest BCUT2D eigenvalue weighted by atomic mass is 16.2. The van der Waals surface area contributed by atoms with Crippen molar-refractivity contribution in [1.29, 1.82) is 0 Å². The Labute approximate surface area is 186 Å². The Bertz CT molecular complexity index is 1080. The minimum Gasteiger partial charge on any atom is -0.342 e. The number of piperidine rings is 1. The van der Waals surface area contributed by atoms with Gasteiger partial charge in [-0.05, 0) is 37.8 Å². The van der Waals surface area contributed by atoms with Gasteiger partial charge in [-0.15, -0.1) is 0 Å². The molecule has 9 nitrogen and oxygen atoms in total. The van der Waals surface area contributed by atoms with Crippen LogP contribution in [0.1, 0.15) is 51.4 Å². The zero-order valence-corrected chi connectivity index (χ0v) is 18.3. The monoisotopic (exact) mass is 441 g/mol. The number of para-hydroxylation sites is 1. The summed E-state index contributed by atoms with van der Waals surface area (Å²) in [7, 11) is 0. The predicted octanol–water partition coefficient (Wildman–Crippen LogP) is 1.70. The van der Waals surface area contributed by atoms with E-state index in [-0.39, 0.29) is 37.0 Å². The van der Waals surface area contributed by atoms with E-state index >= 15 is 0 Å². The summed E-state index contributed by atoms with van der Waals surface area (Å²) in [6.45, 7) is 1.36. The number of carbonyl (C=O) groups excluding carboxylic acids is 2. The van der Waals surface area contributed by atoms with Gasteiger partial charge in [-0.25, -0.2) is 9.59 Å². The highest BCUT2D eigenvalue weighted by Gasteiger charge is 2.25. The van der Waals surface area contributed by atoms with E-state index in [4.69, 9.17) is 0 Å². The SMILES string of the molecule is O=C(NC1CCCCC1)NC1CCN(C(=O)CCn2c(=O)[nH]c(=O)c3ccccc32)CC1. The summed E-state index contributed by atoms with van der Waals surface area (Å²) >= 11 is 0. The number of nitrogens with one attached hydrogen (secondary N) is 3. The first-order chi connectivity index (χ1) is 15.5. The zero-order valence-electron chi connectivity index (χ0n) is 18.3. The number of aromatic nitrogens is 2. The minimum atomic E-state index is -0.506. The van der Waals surface area contributed by atoms with Gasteiger partial charge in [0.25, 0.3) is 5.56 Å². The molecule has 1 aliphatic carbocycles. The molecule has 1 aliphatic heterocycles. The fourth-order valence-electron chi connectivity index (χ4n) is 4.76. The first-order valence-electron chi connectivity index (χ1n) is 11.6. The predicted molar refractivity (Wildman–Crippen MR) is 122 cm³/mol. The Morgan fingerprint density at radius 1 is 0.938 bits per heavy atom. The first kappa shape index (κ1) is 22.1. The molecule has 1 aromatic heterocycles. The quantitative estimate of drug-likeness (QED) is 0.655. The molecule has 2 aliphatic rings. The van der Waals surface area contributed by atoms with Crippen molar-refractivity contribution in [3.8, 4) is 0 Å². The molecule has 0 radical (unpaired) electrons. The van der Waals surface area contributed by atoms with Crippen LogP contribution in [0.5, 0.6) is 0 Å². The summed E-state index contributed by atoms with van der Waals surface area (Å²) in [5.74, 6) is -0.0303. The number of urea groups is 1. The van der Waals surface area contributed by atoms with Gasteiger partial charge in [-0.2, -0.15) is 0 Å². The molecule has 1 saturated carbocycles. The van der Waals surface area contributed by atoms with Gasteiger partial charge in [0, 0.05) is 38.1 Å². The number of rotatable bonds is 5. The second-order valence-corrected chi connectivity index (χ2v) is 8.79. The molecule has 0 unspecified atom stereocenters. The Morgan fingerprint density at radius 2 is 1.59 bits per heavy atom. The van der Waals surface area contributed by atoms with Gasteiger partial charge in [-0.1, -0.05) is 31.4 Å². The minimum absolute atomic E-state index is 0.0303. The molecule has 2 fully saturated rings. The van der Waals surface area contributed by atoms with Gasteiger partial charge in [0.1, 0.15) is 0 Å². The van der Waals surface area contributed by atoms with E-state index in [1.54, 1.807) is 29.2 Å². The highest BCUT2D eigenvalue weighted by Crippen LogP contribution is 2.17. The van der Waals surface area contributed by atoms with Gasteiger partial charge in [0.2, 0.25) is 5.91 Å². The van der Waals surface area contributed by atoms with Crippen LogP contribution in [0, 0.1) is 0 Å². The van der Waals surface area contributed by atoms with Gasteiger partial charge < -0.3 is 15.5 Å². The maximum absolute atomic E-state index is 12.7. The molecule has 9 heteroatoms. The summed E-state index contributed by atoms with van der Waals surface area (Å²) in [6, 6.07) is 7.12. The molecule has 2 aromatic rings. The Kier molecular flexibility index (Phi) is 6.92. The zero-order chi connectivity index (χ0) is 22.5. The van der Waals surface area contributed by atoms with E-state index in [9.17, 15) is 19.2 Å². The third kappa shape index (κ3) is 5.20. The number of likely N-dealkylation sites (tertiary alicyclic amines) is 1. The molecule has 172 valence electrons. The first-order valence-corrected chi connectivity index (χ1v) is 11.6. The van der Waals surface area contributed by atoms with Gasteiger partial charge in [0.05, 0.1) is 10.9 Å². The van der Waals surface area contributed by atoms with E-state index in [1.165, 1.54) is 23.8 Å². The van der Waals surface area contributed by atoms with Crippen LogP contribution in [-0.4, -0.2) is 51.6 Å². The standard InChI is InChI=1S/C23H31N5O4/c29-20(12-15-28-19-9-5-4-8-18(19)21(30)26-23(28)32)27-13-10-17(11-14-27)25-22(31)24-16-6-2-1-3-7-16/h4-5,8-9,16-17H,1-3,6-7,10-15H2,(H2,24,25,31)(H,26,30,32). The second kappa shape index (κ2) is 10.0. The van der Waals surface area contributed by atoms with Gasteiger partial charge in [-0.3, -0.25) is 19.1 Å². The number of amides is 3. The third-order valence-electron chi connectivity index (χ3n) is 6.58. The van der Waals surface area contributed by atoms with E-state index < -0.39 is 11.2 Å². The van der Waals surface area contributed by atoms with Crippen molar-refractivity contribution >= 4 is 22.8 Å². The van der Waals surface area contributed by atoms with Crippen LogP contribution in [0.15, 0.2) is 33.9 Å². The lowest BCUT2D eigenvalue weighted by molar-refractivity contribution is -0.132. The normalized spacial score (nSPS) is 17.9. The summed E-state index contributed by atoms with van der Waals surface area (Å²) in [5.41, 5.74) is -0.399. The van der Waals surface area contributed by atoms with Crippen LogP contribution in [0.2, 0.25) is 0 Å². The van der Waals surface area contributed by atoms with Gasteiger partial charge in [0.15, 0.2) is 0 Å². The fraction of sp³-hybridized carbons (Fsp3) is 0.565. The maximum atomic E-state index is 12.7. The molecular weight excluding hydrogens is 410 g/mol. The van der Waals surface area contributed by atoms with Crippen LogP contribution in [0.3, 0.4) is 0 Å². The van der Waals surface area contributed by atoms with Crippen LogP contribution < -0.4 is 21.9 Å². The smallest absolute Gasteiger partial charge is 0.328 e. The van der Waals surface area contributed by atoms with Crippen molar-refractivity contribution < 1.29 is 9.59 Å². The average molecular weight is 442 g/mol. The van der Waals surface area contributed by atoms with E-state index in [0.29, 0.717) is 36.8 Å². The Hall–Kier alpha value is -3.10. The number of hydrogen-bond acceptors (Lipinski definition) is 4. The molecule has 4 rings (SSSR count). The van der Waals surface area contributed by atoms with Gasteiger partial charge >= 0.3 is 11.7 Å². The lowest BCUT2D eigenvalue weighted by Gasteiger charge is -2.33. The molecule has 0 bridgehead atoms. The Morgan fingerprint density at radius 3 is 2.31 bits per heavy atom. The number of H-pyrrole nitrogens is 1. The number of hydrogen-bond donors (Lipinski definition) is 3. The number of aryl methyl sites for hydroxylation is 1. The fourth-order valence-corrected chi connectivity index (χ4v) is 4.76. The summed E-state index contributed by atoms with van der Waals surface area (Å²) in [5, 5.41) is 6.55.